The van der Waals surface area contributed by atoms with Gasteiger partial charge in [0, 0.05) is 19.1 Å². The molecule has 0 fully saturated rings. The summed E-state index contributed by atoms with van der Waals surface area (Å²) in [6.07, 6.45) is 0.730. The monoisotopic (exact) mass is 307 g/mol. The van der Waals surface area contributed by atoms with E-state index < -0.39 is 6.10 Å². The number of benzene rings is 1. The molecule has 1 aromatic rings. The van der Waals surface area contributed by atoms with E-state index in [1.165, 1.54) is 6.42 Å². The lowest BCUT2D eigenvalue weighted by Gasteiger charge is -2.21. The highest BCUT2D eigenvalue weighted by molar-refractivity contribution is 5.18. The van der Waals surface area contributed by atoms with Crippen LogP contribution in [0.4, 0.5) is 0 Å². The highest BCUT2D eigenvalue weighted by Gasteiger charge is 2.14. The molecule has 0 radical (unpaired) electrons. The van der Waals surface area contributed by atoms with Crippen LogP contribution in [0.1, 0.15) is 38.9 Å². The Bertz CT molecular complexity index is 368. The molecular weight excluding hydrogens is 274 g/mol. The molecule has 4 heteroatoms. The van der Waals surface area contributed by atoms with E-state index in [0.29, 0.717) is 0 Å². The Morgan fingerprint density at radius 1 is 1.05 bits per heavy atom. The fraction of sp³-hybridized carbons (Fsp3) is 0.667. The number of hydrogen-bond acceptors (Lipinski definition) is 4. The summed E-state index contributed by atoms with van der Waals surface area (Å²) in [5, 5.41) is 17.1. The van der Waals surface area contributed by atoms with E-state index in [4.69, 9.17) is 0 Å². The van der Waals surface area contributed by atoms with E-state index in [0.717, 1.165) is 44.8 Å². The Morgan fingerprint density at radius 2 is 1.73 bits per heavy atom. The van der Waals surface area contributed by atoms with Gasteiger partial charge in [-0.15, -0.1) is 0 Å². The van der Waals surface area contributed by atoms with Gasteiger partial charge in [-0.05, 0) is 45.1 Å². The number of rotatable bonds is 12. The molecule has 126 valence electrons. The van der Waals surface area contributed by atoms with Gasteiger partial charge in [-0.1, -0.05) is 44.2 Å². The number of nitrogens with one attached hydrogen (secondary N) is 2. The van der Waals surface area contributed by atoms with Crippen molar-refractivity contribution in [3.8, 4) is 0 Å². The lowest BCUT2D eigenvalue weighted by Crippen LogP contribution is -2.37. The Hall–Kier alpha value is -0.940. The molecule has 0 aliphatic rings. The third-order valence-electron chi connectivity index (χ3n) is 4.11. The summed E-state index contributed by atoms with van der Waals surface area (Å²) in [7, 11) is 0. The first-order valence-corrected chi connectivity index (χ1v) is 8.58. The molecule has 0 aromatic heterocycles. The molecule has 2 unspecified atom stereocenters. The Balaban J connectivity index is 2.07. The Kier molecular flexibility index (Phi) is 10.1. The minimum Gasteiger partial charge on any atom is -0.387 e. The highest BCUT2D eigenvalue weighted by atomic mass is 16.3. The lowest BCUT2D eigenvalue weighted by molar-refractivity contribution is 0.136. The summed E-state index contributed by atoms with van der Waals surface area (Å²) in [4.78, 5) is 2.44. The van der Waals surface area contributed by atoms with Gasteiger partial charge >= 0.3 is 0 Å². The van der Waals surface area contributed by atoms with Crippen LogP contribution in [0.15, 0.2) is 30.3 Å². The smallest absolute Gasteiger partial charge is 0.0940 e. The van der Waals surface area contributed by atoms with Crippen molar-refractivity contribution in [3.05, 3.63) is 35.9 Å². The maximum Gasteiger partial charge on any atom is 0.0940 e. The van der Waals surface area contributed by atoms with Crippen LogP contribution >= 0.6 is 0 Å². The first kappa shape index (κ1) is 19.1. The van der Waals surface area contributed by atoms with Gasteiger partial charge in [-0.25, -0.2) is 0 Å². The minimum absolute atomic E-state index is 0.0554. The van der Waals surface area contributed by atoms with E-state index in [1.807, 2.05) is 37.3 Å². The van der Waals surface area contributed by atoms with Crippen molar-refractivity contribution in [2.75, 3.05) is 39.3 Å². The van der Waals surface area contributed by atoms with Crippen LogP contribution in [0, 0.1) is 0 Å². The molecule has 0 saturated carbocycles. The second-order valence-corrected chi connectivity index (χ2v) is 5.73. The van der Waals surface area contributed by atoms with Crippen LogP contribution in [0.5, 0.6) is 0 Å². The van der Waals surface area contributed by atoms with Gasteiger partial charge in [0.2, 0.25) is 0 Å². The number of aliphatic hydroxyl groups is 1. The van der Waals surface area contributed by atoms with Crippen LogP contribution < -0.4 is 10.6 Å². The van der Waals surface area contributed by atoms with Crippen molar-refractivity contribution in [2.24, 2.45) is 0 Å². The fourth-order valence-electron chi connectivity index (χ4n) is 2.53. The molecule has 22 heavy (non-hydrogen) atoms. The Morgan fingerprint density at radius 3 is 2.36 bits per heavy atom. The molecule has 0 aliphatic carbocycles. The molecule has 0 bridgehead atoms. The van der Waals surface area contributed by atoms with Crippen LogP contribution in [-0.2, 0) is 0 Å². The summed E-state index contributed by atoms with van der Waals surface area (Å²) < 4.78 is 0. The predicted octanol–water partition coefficient (Wildman–Crippen LogP) is 2.02. The van der Waals surface area contributed by atoms with E-state index in [1.54, 1.807) is 0 Å². The molecule has 3 N–H and O–H groups in total. The van der Waals surface area contributed by atoms with Gasteiger partial charge in [0.15, 0.2) is 0 Å². The first-order chi connectivity index (χ1) is 10.7. The summed E-state index contributed by atoms with van der Waals surface area (Å²) in [6.45, 7) is 12.7. The number of nitrogens with zero attached hydrogens (tertiary/aromatic N) is 1. The van der Waals surface area contributed by atoms with Crippen molar-refractivity contribution in [1.82, 2.24) is 15.5 Å². The summed E-state index contributed by atoms with van der Waals surface area (Å²) >= 11 is 0. The summed E-state index contributed by atoms with van der Waals surface area (Å²) in [5.41, 5.74) is 0.967. The van der Waals surface area contributed by atoms with Crippen LogP contribution in [0.2, 0.25) is 0 Å². The van der Waals surface area contributed by atoms with Crippen molar-refractivity contribution < 1.29 is 5.11 Å². The second-order valence-electron chi connectivity index (χ2n) is 5.73. The lowest BCUT2D eigenvalue weighted by atomic mass is 10.0. The zero-order valence-electron chi connectivity index (χ0n) is 14.4. The fourth-order valence-corrected chi connectivity index (χ4v) is 2.53. The highest BCUT2D eigenvalue weighted by Crippen LogP contribution is 2.15. The normalized spacial score (nSPS) is 14.2. The van der Waals surface area contributed by atoms with Gasteiger partial charge in [0.1, 0.15) is 0 Å². The summed E-state index contributed by atoms with van der Waals surface area (Å²) in [6, 6.07) is 9.88. The van der Waals surface area contributed by atoms with Crippen LogP contribution in [0.25, 0.3) is 0 Å². The van der Waals surface area contributed by atoms with E-state index >= 15 is 0 Å². The van der Waals surface area contributed by atoms with Crippen molar-refractivity contribution in [2.45, 2.75) is 39.3 Å². The molecule has 4 nitrogen and oxygen atoms in total. The average Bonchev–Trinajstić information content (AvgIpc) is 2.57. The van der Waals surface area contributed by atoms with Crippen LogP contribution in [0.3, 0.4) is 0 Å². The molecule has 1 rings (SSSR count). The van der Waals surface area contributed by atoms with Crippen molar-refractivity contribution >= 4 is 0 Å². The predicted molar refractivity (Wildman–Crippen MR) is 94.1 cm³/mol. The van der Waals surface area contributed by atoms with Gasteiger partial charge in [-0.3, -0.25) is 0 Å². The second kappa shape index (κ2) is 11.6. The van der Waals surface area contributed by atoms with Gasteiger partial charge in [0.25, 0.3) is 0 Å². The molecular formula is C18H33N3O. The SMILES string of the molecule is CCN(CC)CCCNCCNC(C)C(O)c1ccccc1. The third-order valence-corrected chi connectivity index (χ3v) is 4.11. The topological polar surface area (TPSA) is 47.5 Å². The van der Waals surface area contributed by atoms with E-state index in [2.05, 4.69) is 29.4 Å². The Labute approximate surface area is 135 Å². The van der Waals surface area contributed by atoms with E-state index in [9.17, 15) is 5.11 Å². The zero-order chi connectivity index (χ0) is 16.2. The van der Waals surface area contributed by atoms with Crippen LogP contribution in [-0.4, -0.2) is 55.3 Å². The number of hydrogen-bond donors (Lipinski definition) is 3. The minimum atomic E-state index is -0.455. The molecule has 0 spiro atoms. The van der Waals surface area contributed by atoms with Gasteiger partial charge in [-0.2, -0.15) is 0 Å². The maximum absolute atomic E-state index is 10.3. The molecule has 0 heterocycles. The zero-order valence-corrected chi connectivity index (χ0v) is 14.4. The molecule has 2 atom stereocenters. The third kappa shape index (κ3) is 7.36. The molecule has 0 amide bonds. The molecule has 0 saturated heterocycles. The molecule has 0 aliphatic heterocycles. The summed E-state index contributed by atoms with van der Waals surface area (Å²) in [5.74, 6) is 0. The number of aliphatic hydroxyl groups excluding tert-OH is 1. The van der Waals surface area contributed by atoms with Crippen molar-refractivity contribution in [3.63, 3.8) is 0 Å². The quantitative estimate of drug-likeness (QED) is 0.517. The maximum atomic E-state index is 10.3. The first-order valence-electron chi connectivity index (χ1n) is 8.58. The van der Waals surface area contributed by atoms with Gasteiger partial charge < -0.3 is 20.6 Å². The molecule has 1 aromatic carbocycles. The largest absolute Gasteiger partial charge is 0.387 e. The van der Waals surface area contributed by atoms with E-state index in [-0.39, 0.29) is 6.04 Å². The van der Waals surface area contributed by atoms with Crippen molar-refractivity contribution in [1.29, 1.82) is 0 Å². The van der Waals surface area contributed by atoms with Gasteiger partial charge in [0.05, 0.1) is 6.10 Å². The standard InChI is InChI=1S/C18H33N3O/c1-4-21(5-2)15-9-12-19-13-14-20-16(3)18(22)17-10-7-6-8-11-17/h6-8,10-11,16,18-20,22H,4-5,9,12-15H2,1-3H3. The average molecular weight is 307 g/mol.